The Morgan fingerprint density at radius 3 is 2.59 bits per heavy atom. The first-order valence-electron chi connectivity index (χ1n) is 9.73. The van der Waals surface area contributed by atoms with Crippen molar-refractivity contribution < 1.29 is 14.3 Å². The number of halogens is 1. The van der Waals surface area contributed by atoms with Gasteiger partial charge in [-0.05, 0) is 55.2 Å². The van der Waals surface area contributed by atoms with Gasteiger partial charge in [0.25, 0.3) is 5.91 Å². The summed E-state index contributed by atoms with van der Waals surface area (Å²) in [4.78, 5) is 26.8. The van der Waals surface area contributed by atoms with Crippen LogP contribution < -0.4 is 15.4 Å². The Bertz CT molecular complexity index is 879. The lowest BCUT2D eigenvalue weighted by atomic mass is 9.98. The minimum absolute atomic E-state index is 0.0397. The number of anilines is 2. The quantitative estimate of drug-likeness (QED) is 0.739. The third-order valence-electron chi connectivity index (χ3n) is 5.07. The van der Waals surface area contributed by atoms with Gasteiger partial charge < -0.3 is 20.3 Å². The van der Waals surface area contributed by atoms with Crippen LogP contribution in [0.25, 0.3) is 0 Å². The third-order valence-corrected chi connectivity index (χ3v) is 5.36. The van der Waals surface area contributed by atoms with E-state index in [4.69, 9.17) is 16.3 Å². The highest BCUT2D eigenvalue weighted by Gasteiger charge is 2.21. The minimum Gasteiger partial charge on any atom is -0.495 e. The highest BCUT2D eigenvalue weighted by atomic mass is 35.5. The maximum atomic E-state index is 12.7. The lowest BCUT2D eigenvalue weighted by molar-refractivity contribution is -0.114. The number of hydrogen-bond donors (Lipinski definition) is 2. The van der Waals surface area contributed by atoms with Crippen LogP contribution in [0.5, 0.6) is 5.75 Å². The van der Waals surface area contributed by atoms with E-state index in [0.29, 0.717) is 27.9 Å². The number of likely N-dealkylation sites (tertiary alicyclic amines) is 1. The van der Waals surface area contributed by atoms with Crippen molar-refractivity contribution in [1.82, 2.24) is 4.90 Å². The molecule has 2 aromatic rings. The topological polar surface area (TPSA) is 70.7 Å². The van der Waals surface area contributed by atoms with Crippen LogP contribution in [0.4, 0.5) is 11.4 Å². The highest BCUT2D eigenvalue weighted by Crippen LogP contribution is 2.27. The molecule has 0 radical (unpaired) electrons. The number of benzene rings is 2. The Hall–Kier alpha value is -2.73. The smallest absolute Gasteiger partial charge is 0.253 e. The van der Waals surface area contributed by atoms with E-state index in [1.165, 1.54) is 7.11 Å². The zero-order valence-corrected chi connectivity index (χ0v) is 17.5. The number of methoxy groups -OCH3 is 1. The molecule has 0 bridgehead atoms. The molecule has 154 valence electrons. The second-order valence-corrected chi connectivity index (χ2v) is 7.71. The Balaban J connectivity index is 1.55. The summed E-state index contributed by atoms with van der Waals surface area (Å²) >= 11 is 6.08. The largest absolute Gasteiger partial charge is 0.495 e. The summed E-state index contributed by atoms with van der Waals surface area (Å²) in [5, 5.41) is 6.27. The normalized spacial score (nSPS) is 14.4. The molecule has 1 saturated heterocycles. The fourth-order valence-electron chi connectivity index (χ4n) is 3.29. The fourth-order valence-corrected chi connectivity index (χ4v) is 3.55. The first-order chi connectivity index (χ1) is 14.0. The predicted molar refractivity (Wildman–Crippen MR) is 116 cm³/mol. The second-order valence-electron chi connectivity index (χ2n) is 7.31. The maximum Gasteiger partial charge on any atom is 0.253 e. The van der Waals surface area contributed by atoms with E-state index in [1.54, 1.807) is 24.3 Å². The van der Waals surface area contributed by atoms with E-state index in [1.807, 2.05) is 23.1 Å². The van der Waals surface area contributed by atoms with Crippen LogP contribution >= 0.6 is 11.6 Å². The molecule has 2 aromatic carbocycles. The molecule has 3 rings (SSSR count). The molecule has 0 aliphatic carbocycles. The molecule has 1 fully saturated rings. The van der Waals surface area contributed by atoms with Gasteiger partial charge in [0.2, 0.25) is 5.91 Å². The SMILES string of the molecule is COc1ccc(NC(=O)CNc2cccc(C(=O)N3CCC(C)CC3)c2)cc1Cl. The van der Waals surface area contributed by atoms with E-state index >= 15 is 0 Å². The van der Waals surface area contributed by atoms with Crippen molar-refractivity contribution in [1.29, 1.82) is 0 Å². The summed E-state index contributed by atoms with van der Waals surface area (Å²) < 4.78 is 5.10. The molecular weight excluding hydrogens is 390 g/mol. The molecule has 1 heterocycles. The van der Waals surface area contributed by atoms with E-state index < -0.39 is 0 Å². The third kappa shape index (κ3) is 5.64. The molecule has 7 heteroatoms. The number of carbonyl (C=O) groups is 2. The Morgan fingerprint density at radius 2 is 1.90 bits per heavy atom. The van der Waals surface area contributed by atoms with Crippen molar-refractivity contribution in [3.05, 3.63) is 53.1 Å². The zero-order chi connectivity index (χ0) is 20.8. The van der Waals surface area contributed by atoms with Crippen LogP contribution in [-0.4, -0.2) is 43.5 Å². The van der Waals surface area contributed by atoms with Gasteiger partial charge in [0, 0.05) is 30.0 Å². The van der Waals surface area contributed by atoms with Crippen LogP contribution in [0.3, 0.4) is 0 Å². The van der Waals surface area contributed by atoms with Gasteiger partial charge in [-0.2, -0.15) is 0 Å². The van der Waals surface area contributed by atoms with Gasteiger partial charge in [0.1, 0.15) is 5.75 Å². The molecule has 1 aliphatic rings. The number of ether oxygens (including phenoxy) is 1. The predicted octanol–water partition coefficient (Wildman–Crippen LogP) is 4.27. The summed E-state index contributed by atoms with van der Waals surface area (Å²) in [5.74, 6) is 1.05. The number of amides is 2. The Kier molecular flexibility index (Phi) is 6.99. The Morgan fingerprint density at radius 1 is 1.14 bits per heavy atom. The highest BCUT2D eigenvalue weighted by molar-refractivity contribution is 6.32. The van der Waals surface area contributed by atoms with E-state index in [-0.39, 0.29) is 18.4 Å². The molecule has 0 spiro atoms. The van der Waals surface area contributed by atoms with E-state index in [2.05, 4.69) is 17.6 Å². The average molecular weight is 416 g/mol. The van der Waals surface area contributed by atoms with Crippen molar-refractivity contribution in [2.45, 2.75) is 19.8 Å². The molecule has 0 saturated carbocycles. The molecule has 2 N–H and O–H groups in total. The van der Waals surface area contributed by atoms with Gasteiger partial charge in [0.05, 0.1) is 18.7 Å². The monoisotopic (exact) mass is 415 g/mol. The van der Waals surface area contributed by atoms with Gasteiger partial charge in [-0.3, -0.25) is 9.59 Å². The van der Waals surface area contributed by atoms with Crippen molar-refractivity contribution >= 4 is 34.8 Å². The number of nitrogens with one attached hydrogen (secondary N) is 2. The lowest BCUT2D eigenvalue weighted by Gasteiger charge is -2.30. The average Bonchev–Trinajstić information content (AvgIpc) is 2.73. The van der Waals surface area contributed by atoms with Crippen LogP contribution in [-0.2, 0) is 4.79 Å². The number of carbonyl (C=O) groups excluding carboxylic acids is 2. The summed E-state index contributed by atoms with van der Waals surface area (Å²) in [6.45, 7) is 3.88. The van der Waals surface area contributed by atoms with Crippen LogP contribution in [0, 0.1) is 5.92 Å². The molecule has 2 amide bonds. The molecule has 1 aliphatic heterocycles. The lowest BCUT2D eigenvalue weighted by Crippen LogP contribution is -2.37. The number of rotatable bonds is 6. The molecular formula is C22H26ClN3O3. The van der Waals surface area contributed by atoms with Gasteiger partial charge >= 0.3 is 0 Å². The molecule has 0 aromatic heterocycles. The van der Waals surface area contributed by atoms with Gasteiger partial charge in [-0.15, -0.1) is 0 Å². The van der Waals surface area contributed by atoms with Gasteiger partial charge in [-0.1, -0.05) is 24.6 Å². The maximum absolute atomic E-state index is 12.7. The Labute approximate surface area is 176 Å². The minimum atomic E-state index is -0.215. The number of piperidine rings is 1. The van der Waals surface area contributed by atoms with Crippen molar-refractivity contribution in [3.63, 3.8) is 0 Å². The number of hydrogen-bond acceptors (Lipinski definition) is 4. The van der Waals surface area contributed by atoms with E-state index in [0.717, 1.165) is 31.6 Å². The molecule has 29 heavy (non-hydrogen) atoms. The van der Waals surface area contributed by atoms with Gasteiger partial charge in [-0.25, -0.2) is 0 Å². The fraction of sp³-hybridized carbons (Fsp3) is 0.364. The van der Waals surface area contributed by atoms with Crippen LogP contribution in [0.1, 0.15) is 30.1 Å². The summed E-state index contributed by atoms with van der Waals surface area (Å²) in [6, 6.07) is 12.3. The summed E-state index contributed by atoms with van der Waals surface area (Å²) in [5.41, 5.74) is 1.95. The van der Waals surface area contributed by atoms with Crippen molar-refractivity contribution in [2.75, 3.05) is 37.4 Å². The molecule has 6 nitrogen and oxygen atoms in total. The summed E-state index contributed by atoms with van der Waals surface area (Å²) in [6.07, 6.45) is 2.08. The summed E-state index contributed by atoms with van der Waals surface area (Å²) in [7, 11) is 1.54. The van der Waals surface area contributed by atoms with Crippen LogP contribution in [0.2, 0.25) is 5.02 Å². The van der Waals surface area contributed by atoms with Crippen molar-refractivity contribution in [3.8, 4) is 5.75 Å². The van der Waals surface area contributed by atoms with Crippen LogP contribution in [0.15, 0.2) is 42.5 Å². The first-order valence-corrected chi connectivity index (χ1v) is 10.1. The second kappa shape index (κ2) is 9.65. The van der Waals surface area contributed by atoms with Crippen molar-refractivity contribution in [2.24, 2.45) is 5.92 Å². The molecule has 0 unspecified atom stereocenters. The number of nitrogens with zero attached hydrogens (tertiary/aromatic N) is 1. The standard InChI is InChI=1S/C22H26ClN3O3/c1-15-8-10-26(11-9-15)22(28)16-4-3-5-17(12-16)24-14-21(27)25-18-6-7-20(29-2)19(23)13-18/h3-7,12-13,15,24H,8-11,14H2,1-2H3,(H,25,27). The molecule has 0 atom stereocenters. The van der Waals surface area contributed by atoms with Gasteiger partial charge in [0.15, 0.2) is 0 Å². The van der Waals surface area contributed by atoms with E-state index in [9.17, 15) is 9.59 Å². The zero-order valence-electron chi connectivity index (χ0n) is 16.7. The first kappa shape index (κ1) is 21.0.